The van der Waals surface area contributed by atoms with Crippen LogP contribution in [0.5, 0.6) is 0 Å². The molecular weight excluding hydrogens is 694 g/mol. The van der Waals surface area contributed by atoms with Crippen LogP contribution in [-0.2, 0) is 31.4 Å². The number of amides is 1. The highest BCUT2D eigenvalue weighted by atomic mass is 32.2. The van der Waals surface area contributed by atoms with Crippen molar-refractivity contribution in [1.82, 2.24) is 18.3 Å². The summed E-state index contributed by atoms with van der Waals surface area (Å²) >= 11 is 0. The van der Waals surface area contributed by atoms with E-state index in [1.807, 2.05) is 6.92 Å². The van der Waals surface area contributed by atoms with Crippen LogP contribution in [0.1, 0.15) is 67.2 Å². The summed E-state index contributed by atoms with van der Waals surface area (Å²) in [5, 5.41) is 2.73. The lowest BCUT2D eigenvalue weighted by Crippen LogP contribution is -2.54. The van der Waals surface area contributed by atoms with Gasteiger partial charge in [-0.15, -0.1) is 0 Å². The van der Waals surface area contributed by atoms with Crippen LogP contribution < -0.4 is 15.8 Å². The van der Waals surface area contributed by atoms with Gasteiger partial charge in [-0.2, -0.15) is 17.0 Å². The third kappa shape index (κ3) is 10.6. The lowest BCUT2D eigenvalue weighted by molar-refractivity contribution is -0.116. The van der Waals surface area contributed by atoms with Crippen molar-refractivity contribution in [1.29, 1.82) is 0 Å². The molecule has 50 heavy (non-hydrogen) atoms. The predicted molar refractivity (Wildman–Crippen MR) is 186 cm³/mol. The number of nitrogens with one attached hydrogen (secondary N) is 2. The molecule has 1 saturated heterocycles. The van der Waals surface area contributed by atoms with Crippen LogP contribution in [0.3, 0.4) is 0 Å². The molecule has 2 heterocycles. The van der Waals surface area contributed by atoms with Gasteiger partial charge in [0.2, 0.25) is 15.9 Å². The molecule has 2 aromatic carbocycles. The molecule has 0 aliphatic carbocycles. The Morgan fingerprint density at radius 2 is 1.70 bits per heavy atom. The first-order chi connectivity index (χ1) is 23.6. The van der Waals surface area contributed by atoms with E-state index in [2.05, 4.69) is 15.0 Å². The third-order valence-electron chi connectivity index (χ3n) is 8.72. The number of carbonyl (C=O) groups excluding carboxylic acids is 1. The summed E-state index contributed by atoms with van der Waals surface area (Å²) in [6.07, 6.45) is 4.47. The molecule has 1 aromatic heterocycles. The Bertz CT molecular complexity index is 1820. The van der Waals surface area contributed by atoms with Crippen LogP contribution in [0, 0.1) is 24.4 Å². The van der Waals surface area contributed by atoms with Crippen LogP contribution in [0.15, 0.2) is 54.9 Å². The Morgan fingerprint density at radius 3 is 2.30 bits per heavy atom. The molecule has 0 saturated carbocycles. The number of nitrogens with zero attached hydrogens (tertiary/aromatic N) is 3. The largest absolute Gasteiger partial charge is 0.329 e. The van der Waals surface area contributed by atoms with Crippen LogP contribution >= 0.6 is 0 Å². The summed E-state index contributed by atoms with van der Waals surface area (Å²) in [5.74, 6) is -2.80. The molecule has 1 aliphatic heterocycles. The molecule has 1 amide bonds. The number of nitrogens with two attached hydrogens (primary N) is 1. The number of pyridine rings is 1. The van der Waals surface area contributed by atoms with Gasteiger partial charge in [-0.3, -0.25) is 9.78 Å². The van der Waals surface area contributed by atoms with E-state index >= 15 is 4.39 Å². The summed E-state index contributed by atoms with van der Waals surface area (Å²) in [6, 6.07) is 8.93. The molecule has 0 spiro atoms. The summed E-state index contributed by atoms with van der Waals surface area (Å²) in [5.41, 5.74) is 8.08. The van der Waals surface area contributed by atoms with Crippen LogP contribution in [-0.4, -0.2) is 80.9 Å². The van der Waals surface area contributed by atoms with Gasteiger partial charge in [0.15, 0.2) is 0 Å². The van der Waals surface area contributed by atoms with Gasteiger partial charge in [0, 0.05) is 56.2 Å². The molecule has 2 atom stereocenters. The molecule has 4 N–H and O–H groups in total. The minimum absolute atomic E-state index is 0.0202. The Labute approximate surface area is 292 Å². The SMILES string of the molecule is CCCN([C@H](CN)CCc1c(F)cncc1NC(=O)C[C@@H](c1ccc(F)cc1)c1cc(C)cc(F)c1)S(=O)(=O)N1CCC(NS(C)(=O)=O)CC1. The predicted octanol–water partition coefficient (Wildman–Crippen LogP) is 4.20. The standard InChI is InChI=1S/C34H45F3N6O5S2/c1-4-13-43(50(47,48)42-14-11-28(12-15-42)41-49(3,45)46)29(20-38)9-10-30-32(37)21-39-22-33(30)40-34(44)19-31(24-5-7-26(35)8-6-24)25-16-23(2)17-27(36)18-25/h5-8,16-18,21-22,28-29,31,41H,4,9-15,19-20,38H2,1-3H3,(H,40,44)/t29-,31-/m0/s1. The zero-order valence-corrected chi connectivity index (χ0v) is 30.0. The van der Waals surface area contributed by atoms with Gasteiger partial charge in [0.1, 0.15) is 17.5 Å². The van der Waals surface area contributed by atoms with E-state index in [9.17, 15) is 30.4 Å². The summed E-state index contributed by atoms with van der Waals surface area (Å²) < 4.78 is 99.6. The van der Waals surface area contributed by atoms with Crippen molar-refractivity contribution in [2.24, 2.45) is 5.73 Å². The highest BCUT2D eigenvalue weighted by Crippen LogP contribution is 2.31. The van der Waals surface area contributed by atoms with E-state index in [-0.39, 0.29) is 62.7 Å². The topological polar surface area (TPSA) is 155 Å². The number of aromatic nitrogens is 1. The van der Waals surface area contributed by atoms with E-state index in [1.54, 1.807) is 13.0 Å². The number of carbonyl (C=O) groups is 1. The van der Waals surface area contributed by atoms with E-state index in [0.717, 1.165) is 12.5 Å². The first-order valence-electron chi connectivity index (χ1n) is 16.5. The molecule has 0 unspecified atom stereocenters. The van der Waals surface area contributed by atoms with Crippen molar-refractivity contribution in [3.8, 4) is 0 Å². The maximum atomic E-state index is 15.3. The monoisotopic (exact) mass is 738 g/mol. The van der Waals surface area contributed by atoms with Crippen LogP contribution in [0.4, 0.5) is 18.9 Å². The number of sulfonamides is 1. The molecule has 3 aromatic rings. The van der Waals surface area contributed by atoms with Crippen LogP contribution in [0.25, 0.3) is 0 Å². The fourth-order valence-corrected chi connectivity index (χ4v) is 9.14. The van der Waals surface area contributed by atoms with Gasteiger partial charge in [0.25, 0.3) is 10.2 Å². The van der Waals surface area contributed by atoms with Crippen molar-refractivity contribution in [3.63, 3.8) is 0 Å². The summed E-state index contributed by atoms with van der Waals surface area (Å²) in [7, 11) is -7.44. The van der Waals surface area contributed by atoms with Crippen molar-refractivity contribution >= 4 is 31.8 Å². The summed E-state index contributed by atoms with van der Waals surface area (Å²) in [4.78, 5) is 17.4. The first-order valence-corrected chi connectivity index (χ1v) is 19.8. The molecule has 4 rings (SSSR count). The van der Waals surface area contributed by atoms with E-state index in [1.165, 1.54) is 51.2 Å². The minimum Gasteiger partial charge on any atom is -0.329 e. The quantitative estimate of drug-likeness (QED) is 0.199. The summed E-state index contributed by atoms with van der Waals surface area (Å²) in [6.45, 7) is 3.91. The van der Waals surface area contributed by atoms with Crippen molar-refractivity contribution < 1.29 is 34.8 Å². The Morgan fingerprint density at radius 1 is 1.02 bits per heavy atom. The number of benzene rings is 2. The highest BCUT2D eigenvalue weighted by Gasteiger charge is 2.36. The Balaban J connectivity index is 1.51. The van der Waals surface area contributed by atoms with Crippen molar-refractivity contribution in [3.05, 3.63) is 94.6 Å². The first kappa shape index (κ1) is 39.4. The number of aryl methyl sites for hydroxylation is 1. The van der Waals surface area contributed by atoms with E-state index in [4.69, 9.17) is 5.73 Å². The second kappa shape index (κ2) is 17.2. The molecule has 1 aliphatic rings. The average Bonchev–Trinajstić information content (AvgIpc) is 3.04. The fourth-order valence-electron chi connectivity index (χ4n) is 6.35. The maximum Gasteiger partial charge on any atom is 0.282 e. The number of piperidine rings is 1. The van der Waals surface area contributed by atoms with Gasteiger partial charge >= 0.3 is 0 Å². The molecule has 274 valence electrons. The number of anilines is 1. The third-order valence-corrected chi connectivity index (χ3v) is 11.6. The zero-order chi connectivity index (χ0) is 36.6. The molecular formula is C34H45F3N6O5S2. The van der Waals surface area contributed by atoms with Gasteiger partial charge < -0.3 is 11.1 Å². The number of halogens is 3. The van der Waals surface area contributed by atoms with Gasteiger partial charge in [0.05, 0.1) is 24.3 Å². The normalized spacial score (nSPS) is 16.0. The molecule has 1 fully saturated rings. The molecule has 0 bridgehead atoms. The zero-order valence-electron chi connectivity index (χ0n) is 28.4. The maximum absolute atomic E-state index is 15.3. The van der Waals surface area contributed by atoms with Crippen molar-refractivity contribution in [2.45, 2.75) is 70.4 Å². The number of hydrogen-bond donors (Lipinski definition) is 3. The molecule has 0 radical (unpaired) electrons. The van der Waals surface area contributed by atoms with E-state index in [0.29, 0.717) is 36.0 Å². The Kier molecular flexibility index (Phi) is 13.5. The lowest BCUT2D eigenvalue weighted by atomic mass is 9.87. The highest BCUT2D eigenvalue weighted by molar-refractivity contribution is 7.88. The number of hydrogen-bond acceptors (Lipinski definition) is 7. The number of rotatable bonds is 16. The molecule has 16 heteroatoms. The molecule has 11 nitrogen and oxygen atoms in total. The average molecular weight is 739 g/mol. The second-order valence-electron chi connectivity index (χ2n) is 12.7. The van der Waals surface area contributed by atoms with Gasteiger partial charge in [-0.25, -0.2) is 26.3 Å². The second-order valence-corrected chi connectivity index (χ2v) is 16.3. The van der Waals surface area contributed by atoms with Crippen molar-refractivity contribution in [2.75, 3.05) is 37.8 Å². The van der Waals surface area contributed by atoms with E-state index < -0.39 is 55.6 Å². The van der Waals surface area contributed by atoms with Crippen LogP contribution in [0.2, 0.25) is 0 Å². The van der Waals surface area contributed by atoms with Gasteiger partial charge in [-0.05, 0) is 80.0 Å². The minimum atomic E-state index is -4.00. The lowest BCUT2D eigenvalue weighted by Gasteiger charge is -2.38. The Hall–Kier alpha value is -3.41. The fraction of sp³-hybridized carbons (Fsp3) is 0.471. The smallest absolute Gasteiger partial charge is 0.282 e. The van der Waals surface area contributed by atoms with Gasteiger partial charge in [-0.1, -0.05) is 25.1 Å².